The maximum Gasteiger partial charge on any atom is 0.270 e. The van der Waals surface area contributed by atoms with Crippen molar-refractivity contribution in [3.05, 3.63) is 174 Å². The number of allylic oxidation sites excluding steroid dienone is 9. The molecule has 0 saturated heterocycles. The van der Waals surface area contributed by atoms with Crippen molar-refractivity contribution in [1.82, 2.24) is 0 Å². The molecule has 5 rings (SSSR count). The molecule has 198 valence electrons. The van der Waals surface area contributed by atoms with Crippen molar-refractivity contribution in [3.8, 4) is 18.2 Å². The quantitative estimate of drug-likeness (QED) is 0.239. The van der Waals surface area contributed by atoms with Gasteiger partial charge in [0, 0.05) is 5.57 Å². The van der Waals surface area contributed by atoms with Gasteiger partial charge in [-0.1, -0.05) is 24.3 Å². The van der Waals surface area contributed by atoms with Crippen molar-refractivity contribution in [2.75, 3.05) is 0 Å². The van der Waals surface area contributed by atoms with Crippen LogP contribution in [0.25, 0.3) is 31.4 Å². The molecule has 2 aliphatic carbocycles. The zero-order valence-electron chi connectivity index (χ0n) is 21.7. The Morgan fingerprint density at radius 1 is 0.651 bits per heavy atom. The van der Waals surface area contributed by atoms with Gasteiger partial charge in [0.25, 0.3) is 5.70 Å². The zero-order valence-corrected chi connectivity index (χ0v) is 21.7. The van der Waals surface area contributed by atoms with Crippen molar-refractivity contribution < 1.29 is 13.2 Å². The first-order chi connectivity index (χ1) is 20.8. The van der Waals surface area contributed by atoms with Gasteiger partial charge >= 0.3 is 0 Å². The first kappa shape index (κ1) is 27.6. The van der Waals surface area contributed by atoms with Crippen molar-refractivity contribution in [2.24, 2.45) is 0 Å². The number of hydrogen-bond acceptors (Lipinski definition) is 3. The van der Waals surface area contributed by atoms with Crippen LogP contribution in [0.15, 0.2) is 94.7 Å². The fourth-order valence-electron chi connectivity index (χ4n) is 4.95. The molecule has 0 aromatic heterocycles. The summed E-state index contributed by atoms with van der Waals surface area (Å²) < 4.78 is 44.2. The van der Waals surface area contributed by atoms with E-state index in [2.05, 4.69) is 14.5 Å². The molecular formula is C34H11F3N6. The maximum absolute atomic E-state index is 14.8. The highest BCUT2D eigenvalue weighted by atomic mass is 19.1. The number of rotatable bonds is 3. The second kappa shape index (κ2) is 10.9. The molecule has 3 aromatic carbocycles. The molecular weight excluding hydrogens is 549 g/mol. The summed E-state index contributed by atoms with van der Waals surface area (Å²) in [5, 5.41) is 28.2. The van der Waals surface area contributed by atoms with Crippen LogP contribution in [0, 0.1) is 71.2 Å². The predicted octanol–water partition coefficient (Wildman–Crippen LogP) is 8.22. The van der Waals surface area contributed by atoms with Crippen molar-refractivity contribution in [2.45, 2.75) is 0 Å². The Morgan fingerprint density at radius 2 is 1.21 bits per heavy atom. The van der Waals surface area contributed by atoms with Crippen LogP contribution < -0.4 is 0 Å². The van der Waals surface area contributed by atoms with Crippen molar-refractivity contribution in [1.29, 1.82) is 15.8 Å². The highest BCUT2D eigenvalue weighted by Gasteiger charge is 2.35. The Kier molecular flexibility index (Phi) is 7.03. The minimum atomic E-state index is -0.859. The van der Waals surface area contributed by atoms with Gasteiger partial charge in [0.1, 0.15) is 29.6 Å². The van der Waals surface area contributed by atoms with Gasteiger partial charge in [0.15, 0.2) is 0 Å². The third-order valence-electron chi connectivity index (χ3n) is 6.89. The number of benzene rings is 3. The molecule has 43 heavy (non-hydrogen) atoms. The largest absolute Gasteiger partial charge is 0.270 e. The van der Waals surface area contributed by atoms with E-state index in [9.17, 15) is 29.0 Å². The van der Waals surface area contributed by atoms with Crippen LogP contribution in [0.1, 0.15) is 27.8 Å². The fraction of sp³-hybridized carbons (Fsp3) is 0. The normalized spacial score (nSPS) is 15.5. The van der Waals surface area contributed by atoms with E-state index in [4.69, 9.17) is 19.7 Å². The summed E-state index contributed by atoms with van der Waals surface area (Å²) in [6.07, 6.45) is 3.12. The summed E-state index contributed by atoms with van der Waals surface area (Å²) in [4.78, 5) is 10.2. The van der Waals surface area contributed by atoms with Crippen LogP contribution in [0.5, 0.6) is 0 Å². The van der Waals surface area contributed by atoms with E-state index in [1.807, 2.05) is 6.07 Å². The highest BCUT2D eigenvalue weighted by Crippen LogP contribution is 2.53. The van der Waals surface area contributed by atoms with Gasteiger partial charge in [-0.25, -0.2) is 33.0 Å². The number of hydrogen-bond donors (Lipinski definition) is 0. The number of halogens is 3. The van der Waals surface area contributed by atoms with Gasteiger partial charge in [0.2, 0.25) is 11.4 Å². The summed E-state index contributed by atoms with van der Waals surface area (Å²) >= 11 is 0. The van der Waals surface area contributed by atoms with Gasteiger partial charge in [0.05, 0.1) is 36.9 Å². The molecule has 0 bridgehead atoms. The molecule has 0 radical (unpaired) electrons. The minimum absolute atomic E-state index is 0.0721. The number of nitriles is 3. The molecule has 0 spiro atoms. The van der Waals surface area contributed by atoms with Crippen LogP contribution in [0.3, 0.4) is 0 Å². The molecule has 0 N–H and O–H groups in total. The van der Waals surface area contributed by atoms with E-state index in [0.717, 1.165) is 18.2 Å². The van der Waals surface area contributed by atoms with Crippen molar-refractivity contribution in [3.63, 3.8) is 0 Å². The lowest BCUT2D eigenvalue weighted by Crippen LogP contribution is -1.97. The maximum atomic E-state index is 14.8. The molecule has 0 saturated carbocycles. The SMILES string of the molecule is [C-]#[N+]/C(=C1/C(c2ccc(C#N)c(F)c2)=CC2=C1C=C(c1ccc([N+]#[C-])c(F)c1)/C2=C(/C#N)[N+]#[C-])c1ccc(C#N)c(F)c1. The van der Waals surface area contributed by atoms with E-state index < -0.39 is 17.5 Å². The van der Waals surface area contributed by atoms with Gasteiger partial charge in [-0.2, -0.15) is 10.5 Å². The lowest BCUT2D eigenvalue weighted by atomic mass is 9.90. The Hall–Kier alpha value is -6.91. The third kappa shape index (κ3) is 4.53. The first-order valence-corrected chi connectivity index (χ1v) is 12.2. The molecule has 0 amide bonds. The summed E-state index contributed by atoms with van der Waals surface area (Å²) in [5.41, 5.74) is 1.17. The Bertz CT molecular complexity index is 2210. The second-order valence-corrected chi connectivity index (χ2v) is 9.12. The van der Waals surface area contributed by atoms with E-state index in [-0.39, 0.29) is 61.6 Å². The van der Waals surface area contributed by atoms with Crippen molar-refractivity contribution >= 4 is 22.5 Å². The summed E-state index contributed by atoms with van der Waals surface area (Å²) in [5.74, 6) is -2.49. The number of nitrogens with zero attached hydrogens (tertiary/aromatic N) is 6. The molecule has 0 unspecified atom stereocenters. The standard InChI is InChI=1S/C34H11F3N6/c1-41-30-9-8-19(11-29(30)37)23-13-26-25(32(23)31(17-40)42-2)14-24(18-4-6-21(15-38)27(35)10-18)33(26)34(43-3)20-5-7-22(16-39)28(36)12-20/h4-14H/b32-31+,34-33-. The van der Waals surface area contributed by atoms with E-state index in [0.29, 0.717) is 16.7 Å². The Morgan fingerprint density at radius 3 is 1.72 bits per heavy atom. The minimum Gasteiger partial charge on any atom is -0.237 e. The van der Waals surface area contributed by atoms with Crippen LogP contribution in [0.4, 0.5) is 18.9 Å². The zero-order chi connectivity index (χ0) is 30.8. The smallest absolute Gasteiger partial charge is 0.237 e. The lowest BCUT2D eigenvalue weighted by molar-refractivity contribution is 0.623. The summed E-state index contributed by atoms with van der Waals surface area (Å²) in [7, 11) is 0. The van der Waals surface area contributed by atoms with Gasteiger partial charge in [-0.3, -0.25) is 0 Å². The van der Waals surface area contributed by atoms with Crippen LogP contribution in [-0.2, 0) is 0 Å². The molecule has 0 aliphatic heterocycles. The van der Waals surface area contributed by atoms with E-state index in [1.165, 1.54) is 36.4 Å². The summed E-state index contributed by atoms with van der Waals surface area (Å²) in [6, 6.07) is 16.7. The average Bonchev–Trinajstić information content (AvgIpc) is 3.55. The monoisotopic (exact) mass is 560 g/mol. The average molecular weight is 560 g/mol. The molecule has 0 heterocycles. The fourth-order valence-corrected chi connectivity index (χ4v) is 4.95. The molecule has 0 fully saturated rings. The first-order valence-electron chi connectivity index (χ1n) is 12.2. The lowest BCUT2D eigenvalue weighted by Gasteiger charge is -2.14. The van der Waals surface area contributed by atoms with E-state index >= 15 is 0 Å². The van der Waals surface area contributed by atoms with Gasteiger partial charge in [-0.05, 0) is 87.0 Å². The van der Waals surface area contributed by atoms with E-state index in [1.54, 1.807) is 24.3 Å². The van der Waals surface area contributed by atoms with Crippen LogP contribution >= 0.6 is 0 Å². The predicted molar refractivity (Wildman–Crippen MR) is 151 cm³/mol. The molecule has 9 heteroatoms. The second-order valence-electron chi connectivity index (χ2n) is 9.12. The molecule has 3 aromatic rings. The van der Waals surface area contributed by atoms with Crippen LogP contribution in [0.2, 0.25) is 0 Å². The third-order valence-corrected chi connectivity index (χ3v) is 6.89. The van der Waals surface area contributed by atoms with Gasteiger partial charge < -0.3 is 0 Å². The van der Waals surface area contributed by atoms with Gasteiger partial charge in [-0.15, -0.1) is 0 Å². The molecule has 0 atom stereocenters. The Balaban J connectivity index is 1.86. The topological polar surface area (TPSA) is 84.4 Å². The summed E-state index contributed by atoms with van der Waals surface area (Å²) in [6.45, 7) is 22.8. The highest BCUT2D eigenvalue weighted by molar-refractivity contribution is 6.08. The molecule has 6 nitrogen and oxygen atoms in total. The van der Waals surface area contributed by atoms with Crippen LogP contribution in [-0.4, -0.2) is 0 Å². The molecule has 2 aliphatic rings. The Labute approximate surface area is 243 Å².